The Hall–Kier alpha value is -1.36. The molecule has 0 unspecified atom stereocenters. The number of ether oxygens (including phenoxy) is 3. The van der Waals surface area contributed by atoms with E-state index in [9.17, 15) is 9.59 Å². The van der Waals surface area contributed by atoms with Crippen molar-refractivity contribution >= 4 is 11.9 Å². The van der Waals surface area contributed by atoms with Crippen LogP contribution in [0.4, 0.5) is 0 Å². The van der Waals surface area contributed by atoms with Crippen LogP contribution in [-0.2, 0) is 23.8 Å². The van der Waals surface area contributed by atoms with Gasteiger partial charge < -0.3 is 14.2 Å². The van der Waals surface area contributed by atoms with Crippen LogP contribution in [0.3, 0.4) is 0 Å². The summed E-state index contributed by atoms with van der Waals surface area (Å²) >= 11 is 0. The average molecular weight is 228 g/mol. The summed E-state index contributed by atoms with van der Waals surface area (Å²) in [4.78, 5) is 22.9. The maximum absolute atomic E-state index is 11.4. The van der Waals surface area contributed by atoms with Gasteiger partial charge in [0.05, 0.1) is 24.4 Å². The lowest BCUT2D eigenvalue weighted by molar-refractivity contribution is -0.140. The van der Waals surface area contributed by atoms with Gasteiger partial charge in [0.2, 0.25) is 0 Å². The third-order valence-corrected chi connectivity index (χ3v) is 2.06. The first-order valence-corrected chi connectivity index (χ1v) is 5.37. The van der Waals surface area contributed by atoms with E-state index in [2.05, 4.69) is 0 Å². The van der Waals surface area contributed by atoms with Gasteiger partial charge in [-0.15, -0.1) is 0 Å². The molecule has 0 atom stereocenters. The molecule has 0 aromatic carbocycles. The Bertz CT molecular complexity index is 290. The van der Waals surface area contributed by atoms with Crippen molar-refractivity contribution in [1.82, 2.24) is 0 Å². The Kier molecular flexibility index (Phi) is 4.49. The smallest absolute Gasteiger partial charge is 0.337 e. The van der Waals surface area contributed by atoms with Crippen molar-refractivity contribution in [3.8, 4) is 0 Å². The standard InChI is InChI=1S/C11H16O5/c1-4-14-9-7(10(12)15-5-2)8(9)11(13)16-6-3/h9H,4-6H2,1-3H3. The van der Waals surface area contributed by atoms with Gasteiger partial charge in [0, 0.05) is 6.61 Å². The van der Waals surface area contributed by atoms with E-state index >= 15 is 0 Å². The molecule has 16 heavy (non-hydrogen) atoms. The predicted molar refractivity (Wildman–Crippen MR) is 55.7 cm³/mol. The number of carbonyl (C=O) groups is 2. The minimum absolute atomic E-state index is 0.275. The van der Waals surface area contributed by atoms with E-state index in [1.54, 1.807) is 20.8 Å². The van der Waals surface area contributed by atoms with E-state index in [0.717, 1.165) is 0 Å². The Balaban J connectivity index is 2.68. The van der Waals surface area contributed by atoms with Crippen molar-refractivity contribution in [2.75, 3.05) is 19.8 Å². The lowest BCUT2D eigenvalue weighted by Crippen LogP contribution is -2.10. The fourth-order valence-corrected chi connectivity index (χ4v) is 1.39. The zero-order chi connectivity index (χ0) is 12.1. The first-order chi connectivity index (χ1) is 7.67. The molecule has 1 aliphatic carbocycles. The van der Waals surface area contributed by atoms with Crippen molar-refractivity contribution in [3.63, 3.8) is 0 Å². The Morgan fingerprint density at radius 1 is 0.938 bits per heavy atom. The molecule has 0 aliphatic heterocycles. The molecule has 0 radical (unpaired) electrons. The highest BCUT2D eigenvalue weighted by Crippen LogP contribution is 2.36. The van der Waals surface area contributed by atoms with Gasteiger partial charge in [0.25, 0.3) is 0 Å². The summed E-state index contributed by atoms with van der Waals surface area (Å²) in [6, 6.07) is 0. The lowest BCUT2D eigenvalue weighted by atomic mass is 10.4. The van der Waals surface area contributed by atoms with Gasteiger partial charge in [-0.3, -0.25) is 0 Å². The van der Waals surface area contributed by atoms with Crippen molar-refractivity contribution in [2.45, 2.75) is 26.9 Å². The van der Waals surface area contributed by atoms with Crippen LogP contribution >= 0.6 is 0 Å². The second-order valence-electron chi connectivity index (χ2n) is 3.10. The molecule has 0 aromatic heterocycles. The predicted octanol–water partition coefficient (Wildman–Crippen LogP) is 0.828. The van der Waals surface area contributed by atoms with Crippen LogP contribution in [0.15, 0.2) is 11.1 Å². The zero-order valence-electron chi connectivity index (χ0n) is 9.74. The number of hydrogen-bond donors (Lipinski definition) is 0. The normalized spacial score (nSPS) is 14.9. The number of hydrogen-bond acceptors (Lipinski definition) is 5. The molecular weight excluding hydrogens is 212 g/mol. The molecule has 5 nitrogen and oxygen atoms in total. The van der Waals surface area contributed by atoms with Crippen LogP contribution in [0.1, 0.15) is 20.8 Å². The summed E-state index contributed by atoms with van der Waals surface area (Å²) in [5, 5.41) is 0. The molecule has 0 saturated carbocycles. The summed E-state index contributed by atoms with van der Waals surface area (Å²) in [6.45, 7) is 6.19. The van der Waals surface area contributed by atoms with Crippen LogP contribution < -0.4 is 0 Å². The molecule has 1 rings (SSSR count). The van der Waals surface area contributed by atoms with E-state index < -0.39 is 18.0 Å². The summed E-state index contributed by atoms with van der Waals surface area (Å²) in [5.41, 5.74) is 0.587. The SMILES string of the molecule is CCOC(=O)C1=C(C(=O)OCC)C1OCC. The van der Waals surface area contributed by atoms with Gasteiger partial charge in [-0.2, -0.15) is 0 Å². The molecule has 0 saturated heterocycles. The summed E-state index contributed by atoms with van der Waals surface area (Å²) < 4.78 is 14.9. The van der Waals surface area contributed by atoms with E-state index in [-0.39, 0.29) is 13.2 Å². The van der Waals surface area contributed by atoms with E-state index in [4.69, 9.17) is 14.2 Å². The molecule has 0 bridgehead atoms. The van der Waals surface area contributed by atoms with Gasteiger partial charge in [-0.1, -0.05) is 0 Å². The van der Waals surface area contributed by atoms with E-state index in [0.29, 0.717) is 17.8 Å². The Morgan fingerprint density at radius 3 is 1.69 bits per heavy atom. The van der Waals surface area contributed by atoms with Crippen molar-refractivity contribution in [2.24, 2.45) is 0 Å². The molecule has 0 fully saturated rings. The van der Waals surface area contributed by atoms with Crippen LogP contribution in [0.2, 0.25) is 0 Å². The maximum Gasteiger partial charge on any atom is 0.337 e. The van der Waals surface area contributed by atoms with Crippen LogP contribution in [0.25, 0.3) is 0 Å². The Morgan fingerprint density at radius 2 is 1.38 bits per heavy atom. The van der Waals surface area contributed by atoms with E-state index in [1.165, 1.54) is 0 Å². The molecule has 0 spiro atoms. The van der Waals surface area contributed by atoms with Gasteiger partial charge in [0.1, 0.15) is 6.10 Å². The van der Waals surface area contributed by atoms with E-state index in [1.807, 2.05) is 0 Å². The number of carbonyl (C=O) groups excluding carboxylic acids is 2. The molecule has 0 heterocycles. The van der Waals surface area contributed by atoms with Crippen LogP contribution in [0.5, 0.6) is 0 Å². The fourth-order valence-electron chi connectivity index (χ4n) is 1.39. The highest BCUT2D eigenvalue weighted by molar-refractivity contribution is 6.11. The van der Waals surface area contributed by atoms with Gasteiger partial charge in [0.15, 0.2) is 0 Å². The third-order valence-electron chi connectivity index (χ3n) is 2.06. The summed E-state index contributed by atoms with van der Waals surface area (Å²) in [5.74, 6) is -0.993. The quantitative estimate of drug-likeness (QED) is 0.630. The average Bonchev–Trinajstić information content (AvgIpc) is 2.93. The Labute approximate surface area is 94.4 Å². The monoisotopic (exact) mass is 228 g/mol. The van der Waals surface area contributed by atoms with Crippen LogP contribution in [0, 0.1) is 0 Å². The van der Waals surface area contributed by atoms with Crippen molar-refractivity contribution in [1.29, 1.82) is 0 Å². The summed E-state index contributed by atoms with van der Waals surface area (Å²) in [7, 11) is 0. The highest BCUT2D eigenvalue weighted by Gasteiger charge is 2.48. The minimum atomic E-state index is -0.539. The fraction of sp³-hybridized carbons (Fsp3) is 0.636. The first-order valence-electron chi connectivity index (χ1n) is 5.37. The second kappa shape index (κ2) is 5.65. The molecule has 0 N–H and O–H groups in total. The molecular formula is C11H16O5. The van der Waals surface area contributed by atoms with Gasteiger partial charge >= 0.3 is 11.9 Å². The molecule has 0 aromatic rings. The van der Waals surface area contributed by atoms with Crippen LogP contribution in [-0.4, -0.2) is 37.9 Å². The van der Waals surface area contributed by atoms with Crippen molar-refractivity contribution < 1.29 is 23.8 Å². The maximum atomic E-state index is 11.4. The zero-order valence-corrected chi connectivity index (χ0v) is 9.74. The molecule has 1 aliphatic rings. The lowest BCUT2D eigenvalue weighted by Gasteiger charge is -2.01. The second-order valence-corrected chi connectivity index (χ2v) is 3.10. The van der Waals surface area contributed by atoms with Gasteiger partial charge in [-0.05, 0) is 20.8 Å². The number of esters is 2. The molecule has 90 valence electrons. The molecule has 0 amide bonds. The molecule has 5 heteroatoms. The van der Waals surface area contributed by atoms with Gasteiger partial charge in [-0.25, -0.2) is 9.59 Å². The van der Waals surface area contributed by atoms with Crippen molar-refractivity contribution in [3.05, 3.63) is 11.1 Å². The number of rotatable bonds is 6. The third kappa shape index (κ3) is 2.61. The first kappa shape index (κ1) is 12.7. The summed E-state index contributed by atoms with van der Waals surface area (Å²) in [6.07, 6.45) is -0.539. The topological polar surface area (TPSA) is 61.8 Å². The minimum Gasteiger partial charge on any atom is -0.463 e. The highest BCUT2D eigenvalue weighted by atomic mass is 16.6. The largest absolute Gasteiger partial charge is 0.463 e.